The maximum atomic E-state index is 12.4. The van der Waals surface area contributed by atoms with E-state index in [1.165, 1.54) is 4.68 Å². The van der Waals surface area contributed by atoms with E-state index in [0.29, 0.717) is 19.1 Å². The van der Waals surface area contributed by atoms with Gasteiger partial charge < -0.3 is 10.6 Å². The molecule has 2 unspecified atom stereocenters. The number of nitrogens with zero attached hydrogens (tertiary/aromatic N) is 3. The van der Waals surface area contributed by atoms with Crippen LogP contribution in [0, 0.1) is 0 Å². The summed E-state index contributed by atoms with van der Waals surface area (Å²) in [4.78, 5) is 14.5. The van der Waals surface area contributed by atoms with Crippen molar-refractivity contribution < 1.29 is 0 Å². The molecular weight excluding hydrogens is 288 g/mol. The normalized spacial score (nSPS) is 22.6. The quantitative estimate of drug-likeness (QED) is 0.907. The van der Waals surface area contributed by atoms with E-state index in [1.54, 1.807) is 6.20 Å². The summed E-state index contributed by atoms with van der Waals surface area (Å²) in [5.41, 5.74) is 6.42. The number of nitrogens with two attached hydrogens (primary N) is 1. The molecule has 118 valence electrons. The first-order valence-corrected chi connectivity index (χ1v) is 8.22. The van der Waals surface area contributed by atoms with Crippen LogP contribution in [0.4, 0.5) is 5.69 Å². The topological polar surface area (TPSA) is 64.2 Å². The highest BCUT2D eigenvalue weighted by Crippen LogP contribution is 2.31. The number of rotatable bonds is 5. The van der Waals surface area contributed by atoms with Crippen molar-refractivity contribution in [3.8, 4) is 0 Å². The smallest absolute Gasteiger partial charge is 0.287 e. The van der Waals surface area contributed by atoms with E-state index in [1.807, 2.05) is 0 Å². The Balaban J connectivity index is 2.34. The number of aryl methyl sites for hydroxylation is 1. The summed E-state index contributed by atoms with van der Waals surface area (Å²) in [6, 6.07) is 0.566. The lowest BCUT2D eigenvalue weighted by Crippen LogP contribution is -2.49. The Hall–Kier alpha value is -1.07. The second-order valence-corrected chi connectivity index (χ2v) is 6.18. The highest BCUT2D eigenvalue weighted by atomic mass is 35.5. The van der Waals surface area contributed by atoms with Crippen LogP contribution in [0.25, 0.3) is 0 Å². The van der Waals surface area contributed by atoms with Gasteiger partial charge in [0.25, 0.3) is 5.56 Å². The Labute approximate surface area is 131 Å². The number of piperidine rings is 1. The molecule has 1 saturated heterocycles. The van der Waals surface area contributed by atoms with Crippen molar-refractivity contribution in [1.82, 2.24) is 9.78 Å². The lowest BCUT2D eigenvalue weighted by molar-refractivity contribution is 0.399. The van der Waals surface area contributed by atoms with Gasteiger partial charge in [-0.25, -0.2) is 4.68 Å². The summed E-state index contributed by atoms with van der Waals surface area (Å²) in [6.07, 6.45) is 6.96. The molecule has 1 aliphatic rings. The van der Waals surface area contributed by atoms with Crippen LogP contribution in [0.15, 0.2) is 11.0 Å². The number of unbranched alkanes of at least 4 members (excludes halogenated alkanes) is 1. The molecule has 1 aromatic heterocycles. The van der Waals surface area contributed by atoms with Gasteiger partial charge in [-0.1, -0.05) is 24.9 Å². The molecule has 1 aliphatic heterocycles. The van der Waals surface area contributed by atoms with Crippen molar-refractivity contribution in [3.63, 3.8) is 0 Å². The minimum absolute atomic E-state index is 0.198. The van der Waals surface area contributed by atoms with Crippen molar-refractivity contribution in [2.75, 3.05) is 11.4 Å². The maximum absolute atomic E-state index is 12.4. The number of hydrogen-bond donors (Lipinski definition) is 1. The van der Waals surface area contributed by atoms with Gasteiger partial charge in [0.15, 0.2) is 0 Å². The fourth-order valence-electron chi connectivity index (χ4n) is 3.06. The van der Waals surface area contributed by atoms with E-state index in [9.17, 15) is 4.79 Å². The van der Waals surface area contributed by atoms with E-state index < -0.39 is 0 Å². The molecule has 0 amide bonds. The van der Waals surface area contributed by atoms with Gasteiger partial charge in [-0.05, 0) is 32.6 Å². The Kier molecular flexibility index (Phi) is 5.65. The first kappa shape index (κ1) is 16.3. The summed E-state index contributed by atoms with van der Waals surface area (Å²) < 4.78 is 1.46. The molecule has 2 heterocycles. The molecule has 0 saturated carbocycles. The number of halogens is 1. The molecule has 0 aliphatic carbocycles. The van der Waals surface area contributed by atoms with Crippen LogP contribution in [0.1, 0.15) is 46.0 Å². The van der Waals surface area contributed by atoms with E-state index in [-0.39, 0.29) is 16.6 Å². The molecule has 2 N–H and O–H groups in total. The summed E-state index contributed by atoms with van der Waals surface area (Å²) in [6.45, 7) is 5.42. The molecule has 6 heteroatoms. The average Bonchev–Trinajstić information content (AvgIpc) is 2.49. The molecule has 1 aromatic rings. The Morgan fingerprint density at radius 3 is 2.90 bits per heavy atom. The minimum atomic E-state index is -0.198. The molecule has 0 bridgehead atoms. The number of hydrogen-bond acceptors (Lipinski definition) is 4. The fourth-order valence-corrected chi connectivity index (χ4v) is 3.30. The van der Waals surface area contributed by atoms with Crippen molar-refractivity contribution >= 4 is 17.3 Å². The fraction of sp³-hybridized carbons (Fsp3) is 0.733. The predicted octanol–water partition coefficient (Wildman–Crippen LogP) is 2.40. The van der Waals surface area contributed by atoms with Gasteiger partial charge in [0.05, 0.1) is 11.9 Å². The Bertz CT molecular complexity index is 531. The predicted molar refractivity (Wildman–Crippen MR) is 87.0 cm³/mol. The molecule has 5 nitrogen and oxygen atoms in total. The van der Waals surface area contributed by atoms with Crippen LogP contribution in [0.5, 0.6) is 0 Å². The highest BCUT2D eigenvalue weighted by Gasteiger charge is 2.29. The minimum Gasteiger partial charge on any atom is -0.362 e. The Morgan fingerprint density at radius 2 is 2.24 bits per heavy atom. The van der Waals surface area contributed by atoms with E-state index in [4.69, 9.17) is 17.3 Å². The lowest BCUT2D eigenvalue weighted by atomic mass is 9.96. The van der Waals surface area contributed by atoms with Crippen LogP contribution >= 0.6 is 11.6 Å². The molecular formula is C15H25ClN4O. The van der Waals surface area contributed by atoms with E-state index in [2.05, 4.69) is 23.8 Å². The van der Waals surface area contributed by atoms with Crippen molar-refractivity contribution in [1.29, 1.82) is 0 Å². The van der Waals surface area contributed by atoms with Crippen LogP contribution in [-0.4, -0.2) is 28.4 Å². The van der Waals surface area contributed by atoms with E-state index in [0.717, 1.165) is 37.8 Å². The maximum Gasteiger partial charge on any atom is 0.287 e. The largest absolute Gasteiger partial charge is 0.362 e. The highest BCUT2D eigenvalue weighted by molar-refractivity contribution is 6.33. The lowest BCUT2D eigenvalue weighted by Gasteiger charge is -2.42. The van der Waals surface area contributed by atoms with Crippen LogP contribution in [0.2, 0.25) is 5.02 Å². The first-order chi connectivity index (χ1) is 10.1. The van der Waals surface area contributed by atoms with Crippen molar-refractivity contribution in [3.05, 3.63) is 21.6 Å². The zero-order chi connectivity index (χ0) is 15.4. The second-order valence-electron chi connectivity index (χ2n) is 5.80. The monoisotopic (exact) mass is 312 g/mol. The SMILES string of the molecule is CCCCn1ncc(N2C(C)CCCC2CN)c(Cl)c1=O. The summed E-state index contributed by atoms with van der Waals surface area (Å²) in [5, 5.41) is 4.56. The standard InChI is InChI=1S/C15H25ClN4O/c1-3-4-8-19-15(21)14(16)13(10-18-19)20-11(2)6-5-7-12(20)9-17/h10-12H,3-9,17H2,1-2H3. The third kappa shape index (κ3) is 3.40. The van der Waals surface area contributed by atoms with Gasteiger partial charge in [0.2, 0.25) is 0 Å². The van der Waals surface area contributed by atoms with Crippen molar-refractivity contribution in [2.24, 2.45) is 5.73 Å². The van der Waals surface area contributed by atoms with Crippen molar-refractivity contribution in [2.45, 2.75) is 64.6 Å². The molecule has 0 aromatic carbocycles. The third-order valence-corrected chi connectivity index (χ3v) is 4.62. The van der Waals surface area contributed by atoms with Gasteiger partial charge in [-0.15, -0.1) is 0 Å². The number of aromatic nitrogens is 2. The molecule has 1 fully saturated rings. The molecule has 2 atom stereocenters. The van der Waals surface area contributed by atoms with Crippen LogP contribution in [-0.2, 0) is 6.54 Å². The molecule has 0 spiro atoms. The Morgan fingerprint density at radius 1 is 1.48 bits per heavy atom. The second kappa shape index (κ2) is 7.27. The average molecular weight is 313 g/mol. The van der Waals surface area contributed by atoms with E-state index >= 15 is 0 Å². The van der Waals surface area contributed by atoms with Gasteiger partial charge in [0, 0.05) is 25.2 Å². The van der Waals surface area contributed by atoms with Crippen LogP contribution < -0.4 is 16.2 Å². The van der Waals surface area contributed by atoms with Crippen LogP contribution in [0.3, 0.4) is 0 Å². The summed E-state index contributed by atoms with van der Waals surface area (Å²) >= 11 is 6.34. The summed E-state index contributed by atoms with van der Waals surface area (Å²) in [5.74, 6) is 0. The molecule has 0 radical (unpaired) electrons. The summed E-state index contributed by atoms with van der Waals surface area (Å²) in [7, 11) is 0. The zero-order valence-corrected chi connectivity index (χ0v) is 13.6. The van der Waals surface area contributed by atoms with Gasteiger partial charge >= 0.3 is 0 Å². The van der Waals surface area contributed by atoms with Gasteiger partial charge in [-0.3, -0.25) is 4.79 Å². The first-order valence-electron chi connectivity index (χ1n) is 7.84. The number of anilines is 1. The van der Waals surface area contributed by atoms with Gasteiger partial charge in [-0.2, -0.15) is 5.10 Å². The molecule has 21 heavy (non-hydrogen) atoms. The van der Waals surface area contributed by atoms with Gasteiger partial charge in [0.1, 0.15) is 5.02 Å². The third-order valence-electron chi connectivity index (χ3n) is 4.27. The molecule has 2 rings (SSSR count). The zero-order valence-electron chi connectivity index (χ0n) is 12.9.